The van der Waals surface area contributed by atoms with Crippen molar-refractivity contribution in [1.29, 1.82) is 0 Å². The monoisotopic (exact) mass is 302 g/mol. The summed E-state index contributed by atoms with van der Waals surface area (Å²) in [5.74, 6) is -1.34. The smallest absolute Gasteiger partial charge is 0.355 e. The van der Waals surface area contributed by atoms with E-state index >= 15 is 0 Å². The van der Waals surface area contributed by atoms with Crippen LogP contribution >= 0.6 is 11.3 Å². The molecule has 1 aromatic heterocycles. The first-order valence-electron chi connectivity index (χ1n) is 6.66. The fraction of sp³-hybridized carbons (Fsp3) is 0.267. The van der Waals surface area contributed by atoms with Crippen molar-refractivity contribution in [3.8, 4) is 0 Å². The number of aromatic nitrogens is 1. The van der Waals surface area contributed by atoms with Crippen molar-refractivity contribution in [2.75, 3.05) is 11.4 Å². The van der Waals surface area contributed by atoms with E-state index < -0.39 is 5.97 Å². The second kappa shape index (κ2) is 5.29. The van der Waals surface area contributed by atoms with Gasteiger partial charge in [0.2, 0.25) is 0 Å². The maximum atomic E-state index is 12.6. The Morgan fingerprint density at radius 3 is 2.90 bits per heavy atom. The van der Waals surface area contributed by atoms with E-state index in [4.69, 9.17) is 5.11 Å². The number of carboxylic acids is 1. The van der Waals surface area contributed by atoms with Gasteiger partial charge in [0.25, 0.3) is 5.91 Å². The van der Waals surface area contributed by atoms with Gasteiger partial charge in [0.15, 0.2) is 10.7 Å². The van der Waals surface area contributed by atoms with E-state index in [1.54, 1.807) is 4.90 Å². The van der Waals surface area contributed by atoms with E-state index in [-0.39, 0.29) is 16.6 Å². The highest BCUT2D eigenvalue weighted by atomic mass is 32.1. The lowest BCUT2D eigenvalue weighted by atomic mass is 9.99. The molecule has 1 aliphatic heterocycles. The van der Waals surface area contributed by atoms with E-state index in [1.807, 2.05) is 19.1 Å². The topological polar surface area (TPSA) is 70.5 Å². The summed E-state index contributed by atoms with van der Waals surface area (Å²) in [4.78, 5) is 29.0. The fourth-order valence-corrected chi connectivity index (χ4v) is 3.26. The molecule has 108 valence electrons. The Balaban J connectivity index is 1.94. The van der Waals surface area contributed by atoms with Gasteiger partial charge in [0, 0.05) is 17.6 Å². The Labute approximate surface area is 125 Å². The molecule has 0 saturated heterocycles. The van der Waals surface area contributed by atoms with Crippen LogP contribution in [0.5, 0.6) is 0 Å². The number of carbonyl (C=O) groups excluding carboxylic acids is 1. The van der Waals surface area contributed by atoms with Crippen LogP contribution in [-0.2, 0) is 6.42 Å². The Kier molecular flexibility index (Phi) is 3.47. The number of rotatable bonds is 2. The number of hydrogen-bond donors (Lipinski definition) is 1. The van der Waals surface area contributed by atoms with Gasteiger partial charge in [0.1, 0.15) is 0 Å². The molecule has 1 aliphatic rings. The summed E-state index contributed by atoms with van der Waals surface area (Å²) in [6.45, 7) is 2.66. The third-order valence-corrected chi connectivity index (χ3v) is 4.34. The highest BCUT2D eigenvalue weighted by molar-refractivity contribution is 7.12. The van der Waals surface area contributed by atoms with E-state index in [0.717, 1.165) is 35.4 Å². The van der Waals surface area contributed by atoms with Crippen molar-refractivity contribution in [2.24, 2.45) is 0 Å². The first kappa shape index (κ1) is 13.8. The summed E-state index contributed by atoms with van der Waals surface area (Å²) in [6.07, 6.45) is 1.86. The zero-order valence-electron chi connectivity index (χ0n) is 11.5. The molecule has 2 heterocycles. The van der Waals surface area contributed by atoms with Crippen molar-refractivity contribution in [1.82, 2.24) is 4.98 Å². The summed E-state index contributed by atoms with van der Waals surface area (Å²) < 4.78 is 0. The maximum Gasteiger partial charge on any atom is 0.355 e. The summed E-state index contributed by atoms with van der Waals surface area (Å²) in [6, 6.07) is 6.03. The van der Waals surface area contributed by atoms with Gasteiger partial charge >= 0.3 is 5.97 Å². The van der Waals surface area contributed by atoms with E-state index in [0.29, 0.717) is 6.54 Å². The third kappa shape index (κ3) is 2.54. The predicted octanol–water partition coefficient (Wildman–Crippen LogP) is 2.74. The predicted molar refractivity (Wildman–Crippen MR) is 80.2 cm³/mol. The van der Waals surface area contributed by atoms with E-state index in [9.17, 15) is 9.59 Å². The molecule has 0 aliphatic carbocycles. The summed E-state index contributed by atoms with van der Waals surface area (Å²) in [7, 11) is 0. The molecule has 5 nitrogen and oxygen atoms in total. The van der Waals surface area contributed by atoms with Crippen LogP contribution in [0.4, 0.5) is 5.69 Å². The Hall–Kier alpha value is -2.21. The van der Waals surface area contributed by atoms with Crippen LogP contribution in [0.2, 0.25) is 0 Å². The normalized spacial score (nSPS) is 13.9. The molecule has 0 radical (unpaired) electrons. The Bertz CT molecular complexity index is 723. The van der Waals surface area contributed by atoms with E-state index in [2.05, 4.69) is 11.1 Å². The standard InChI is InChI=1S/C15H14N2O3S/c1-9-4-5-12-10(7-9)3-2-6-17(12)14(18)13-16-11(8-21-13)15(19)20/h4-5,7-8H,2-3,6H2,1H3,(H,19,20). The lowest BCUT2D eigenvalue weighted by Gasteiger charge is -2.29. The van der Waals surface area contributed by atoms with Crippen molar-refractivity contribution in [2.45, 2.75) is 19.8 Å². The number of benzene rings is 1. The number of carbonyl (C=O) groups is 2. The van der Waals surface area contributed by atoms with Gasteiger partial charge in [-0.05, 0) is 31.4 Å². The van der Waals surface area contributed by atoms with Crippen molar-refractivity contribution >= 4 is 28.9 Å². The number of fused-ring (bicyclic) bond motifs is 1. The van der Waals surface area contributed by atoms with Crippen LogP contribution in [0.3, 0.4) is 0 Å². The molecule has 0 saturated carbocycles. The number of amides is 1. The van der Waals surface area contributed by atoms with Gasteiger partial charge in [0.05, 0.1) is 0 Å². The second-order valence-corrected chi connectivity index (χ2v) is 5.89. The number of carboxylic acid groups (broad SMARTS) is 1. The molecule has 6 heteroatoms. The minimum atomic E-state index is -1.11. The number of nitrogens with zero attached hydrogens (tertiary/aromatic N) is 2. The number of hydrogen-bond acceptors (Lipinski definition) is 4. The highest BCUT2D eigenvalue weighted by Crippen LogP contribution is 2.29. The Morgan fingerprint density at radius 2 is 2.19 bits per heavy atom. The molecule has 1 aromatic carbocycles. The largest absolute Gasteiger partial charge is 0.476 e. The molecule has 0 unspecified atom stereocenters. The number of aryl methyl sites for hydroxylation is 2. The molecule has 2 aromatic rings. The van der Waals surface area contributed by atoms with Crippen LogP contribution in [0.15, 0.2) is 23.6 Å². The molecule has 1 N–H and O–H groups in total. The molecule has 0 spiro atoms. The first-order chi connectivity index (χ1) is 10.1. The number of anilines is 1. The van der Waals surface area contributed by atoms with Crippen LogP contribution in [0.1, 0.15) is 37.8 Å². The van der Waals surface area contributed by atoms with Crippen molar-refractivity contribution in [3.05, 3.63) is 45.4 Å². The summed E-state index contributed by atoms with van der Waals surface area (Å²) >= 11 is 1.07. The van der Waals surface area contributed by atoms with Gasteiger partial charge in [-0.2, -0.15) is 0 Å². The number of thiazole rings is 1. The lowest BCUT2D eigenvalue weighted by molar-refractivity contribution is 0.0691. The minimum absolute atomic E-state index is 0.0792. The van der Waals surface area contributed by atoms with Crippen LogP contribution in [-0.4, -0.2) is 28.5 Å². The molecular weight excluding hydrogens is 288 g/mol. The molecular formula is C15H14N2O3S. The molecule has 21 heavy (non-hydrogen) atoms. The van der Waals surface area contributed by atoms with Crippen LogP contribution in [0.25, 0.3) is 0 Å². The zero-order chi connectivity index (χ0) is 15.0. The molecule has 3 rings (SSSR count). The lowest BCUT2D eigenvalue weighted by Crippen LogP contribution is -2.35. The third-order valence-electron chi connectivity index (χ3n) is 3.51. The highest BCUT2D eigenvalue weighted by Gasteiger charge is 2.26. The van der Waals surface area contributed by atoms with Crippen LogP contribution in [0, 0.1) is 6.92 Å². The Morgan fingerprint density at radius 1 is 1.38 bits per heavy atom. The second-order valence-electron chi connectivity index (χ2n) is 5.04. The van der Waals surface area contributed by atoms with Gasteiger partial charge in [-0.15, -0.1) is 11.3 Å². The molecule has 1 amide bonds. The molecule has 0 bridgehead atoms. The minimum Gasteiger partial charge on any atom is -0.476 e. The van der Waals surface area contributed by atoms with Gasteiger partial charge in [-0.3, -0.25) is 4.79 Å². The SMILES string of the molecule is Cc1ccc2c(c1)CCCN2C(=O)c1nc(C(=O)O)cs1. The number of aromatic carboxylic acids is 1. The molecule has 0 atom stereocenters. The first-order valence-corrected chi connectivity index (χ1v) is 7.54. The van der Waals surface area contributed by atoms with Crippen molar-refractivity contribution in [3.63, 3.8) is 0 Å². The molecule has 0 fully saturated rings. The zero-order valence-corrected chi connectivity index (χ0v) is 12.3. The average Bonchev–Trinajstić information content (AvgIpc) is 2.95. The fourth-order valence-electron chi connectivity index (χ4n) is 2.52. The van der Waals surface area contributed by atoms with E-state index in [1.165, 1.54) is 10.9 Å². The maximum absolute atomic E-state index is 12.6. The van der Waals surface area contributed by atoms with Crippen LogP contribution < -0.4 is 4.90 Å². The average molecular weight is 302 g/mol. The van der Waals surface area contributed by atoms with Gasteiger partial charge in [-0.1, -0.05) is 17.7 Å². The quantitative estimate of drug-likeness (QED) is 0.926. The van der Waals surface area contributed by atoms with Gasteiger partial charge in [-0.25, -0.2) is 9.78 Å². The van der Waals surface area contributed by atoms with Crippen molar-refractivity contribution < 1.29 is 14.7 Å². The summed E-state index contributed by atoms with van der Waals surface area (Å²) in [5.41, 5.74) is 3.16. The summed E-state index contributed by atoms with van der Waals surface area (Å²) in [5, 5.41) is 10.5. The van der Waals surface area contributed by atoms with Gasteiger partial charge < -0.3 is 10.0 Å².